The van der Waals surface area contributed by atoms with Gasteiger partial charge in [-0.1, -0.05) is 12.1 Å². The molecule has 0 heterocycles. The van der Waals surface area contributed by atoms with E-state index in [4.69, 9.17) is 5.11 Å². The zero-order chi connectivity index (χ0) is 12.1. The second-order valence-electron chi connectivity index (χ2n) is 4.75. The summed E-state index contributed by atoms with van der Waals surface area (Å²) in [5.41, 5.74) is 1.18. The Labute approximate surface area is 102 Å². The molecule has 0 amide bonds. The first kappa shape index (κ1) is 12.5. The van der Waals surface area contributed by atoms with Gasteiger partial charge in [0.25, 0.3) is 0 Å². The van der Waals surface area contributed by atoms with Crippen LogP contribution in [-0.2, 0) is 0 Å². The van der Waals surface area contributed by atoms with Crippen LogP contribution in [0.5, 0.6) is 0 Å². The molecule has 2 nitrogen and oxygen atoms in total. The molecule has 1 saturated carbocycles. The number of benzene rings is 1. The molecule has 0 aromatic heterocycles. The standard InChI is InChI=1S/C14H20FNO/c15-13-7-5-12(6-8-13)14(11-3-4-11)16-9-1-2-10-17/h5-8,11,14,16-17H,1-4,9-10H2. The fourth-order valence-corrected chi connectivity index (χ4v) is 2.15. The lowest BCUT2D eigenvalue weighted by Gasteiger charge is -2.18. The molecular weight excluding hydrogens is 217 g/mol. The molecule has 1 unspecified atom stereocenters. The maximum atomic E-state index is 12.9. The minimum atomic E-state index is -0.177. The monoisotopic (exact) mass is 237 g/mol. The highest BCUT2D eigenvalue weighted by atomic mass is 19.1. The summed E-state index contributed by atoms with van der Waals surface area (Å²) in [7, 11) is 0. The van der Waals surface area contributed by atoms with Crippen molar-refractivity contribution in [2.75, 3.05) is 13.2 Å². The largest absolute Gasteiger partial charge is 0.396 e. The Hall–Kier alpha value is -0.930. The Bertz CT molecular complexity index is 335. The average Bonchev–Trinajstić information content (AvgIpc) is 3.15. The molecule has 0 spiro atoms. The maximum absolute atomic E-state index is 12.9. The molecule has 94 valence electrons. The van der Waals surface area contributed by atoms with E-state index >= 15 is 0 Å². The van der Waals surface area contributed by atoms with E-state index in [0.29, 0.717) is 12.0 Å². The predicted molar refractivity (Wildman–Crippen MR) is 66.2 cm³/mol. The summed E-state index contributed by atoms with van der Waals surface area (Å²) < 4.78 is 12.9. The van der Waals surface area contributed by atoms with Crippen LogP contribution in [0.4, 0.5) is 4.39 Å². The van der Waals surface area contributed by atoms with Crippen molar-refractivity contribution in [2.45, 2.75) is 31.7 Å². The van der Waals surface area contributed by atoms with E-state index in [9.17, 15) is 4.39 Å². The van der Waals surface area contributed by atoms with Crippen LogP contribution < -0.4 is 5.32 Å². The van der Waals surface area contributed by atoms with Gasteiger partial charge >= 0.3 is 0 Å². The lowest BCUT2D eigenvalue weighted by Crippen LogP contribution is -2.24. The number of hydrogen-bond acceptors (Lipinski definition) is 2. The van der Waals surface area contributed by atoms with Gasteiger partial charge in [0.15, 0.2) is 0 Å². The number of halogens is 1. The zero-order valence-corrected chi connectivity index (χ0v) is 10.0. The topological polar surface area (TPSA) is 32.3 Å². The molecule has 0 saturated heterocycles. The second-order valence-corrected chi connectivity index (χ2v) is 4.75. The quantitative estimate of drug-likeness (QED) is 0.714. The molecule has 1 fully saturated rings. The lowest BCUT2D eigenvalue weighted by molar-refractivity contribution is 0.282. The molecule has 1 aliphatic rings. The minimum absolute atomic E-state index is 0.177. The summed E-state index contributed by atoms with van der Waals surface area (Å²) >= 11 is 0. The highest BCUT2D eigenvalue weighted by Crippen LogP contribution is 2.40. The first-order chi connectivity index (χ1) is 8.31. The minimum Gasteiger partial charge on any atom is -0.396 e. The summed E-state index contributed by atoms with van der Waals surface area (Å²) in [6.07, 6.45) is 4.35. The first-order valence-corrected chi connectivity index (χ1v) is 6.41. The van der Waals surface area contributed by atoms with Gasteiger partial charge in [0.2, 0.25) is 0 Å². The summed E-state index contributed by atoms with van der Waals surface area (Å²) in [6, 6.07) is 7.16. The van der Waals surface area contributed by atoms with E-state index < -0.39 is 0 Å². The van der Waals surface area contributed by atoms with Crippen LogP contribution in [0.25, 0.3) is 0 Å². The van der Waals surface area contributed by atoms with Crippen LogP contribution in [0.15, 0.2) is 24.3 Å². The molecule has 17 heavy (non-hydrogen) atoms. The van der Waals surface area contributed by atoms with Gasteiger partial charge in [0.05, 0.1) is 0 Å². The smallest absolute Gasteiger partial charge is 0.123 e. The van der Waals surface area contributed by atoms with Crippen LogP contribution in [0.3, 0.4) is 0 Å². The van der Waals surface area contributed by atoms with E-state index in [1.54, 1.807) is 0 Å². The number of unbranched alkanes of at least 4 members (excludes halogenated alkanes) is 1. The molecule has 0 bridgehead atoms. The van der Waals surface area contributed by atoms with Gasteiger partial charge in [0.1, 0.15) is 5.82 Å². The summed E-state index contributed by atoms with van der Waals surface area (Å²) in [4.78, 5) is 0. The van der Waals surface area contributed by atoms with Gasteiger partial charge in [0, 0.05) is 12.6 Å². The average molecular weight is 237 g/mol. The number of hydrogen-bond donors (Lipinski definition) is 2. The number of aliphatic hydroxyl groups excluding tert-OH is 1. The van der Waals surface area contributed by atoms with Crippen LogP contribution >= 0.6 is 0 Å². The van der Waals surface area contributed by atoms with Crippen molar-refractivity contribution in [2.24, 2.45) is 5.92 Å². The van der Waals surface area contributed by atoms with Crippen molar-refractivity contribution >= 4 is 0 Å². The summed E-state index contributed by atoms with van der Waals surface area (Å²) in [5, 5.41) is 12.2. The highest BCUT2D eigenvalue weighted by molar-refractivity contribution is 5.21. The second kappa shape index (κ2) is 6.12. The Morgan fingerprint density at radius 2 is 1.94 bits per heavy atom. The molecule has 1 atom stereocenters. The van der Waals surface area contributed by atoms with Crippen LogP contribution in [0, 0.1) is 11.7 Å². The van der Waals surface area contributed by atoms with Gasteiger partial charge in [-0.25, -0.2) is 4.39 Å². The number of rotatable bonds is 7. The van der Waals surface area contributed by atoms with Crippen LogP contribution in [0.1, 0.15) is 37.3 Å². The van der Waals surface area contributed by atoms with Crippen molar-refractivity contribution in [1.29, 1.82) is 0 Å². The molecule has 0 radical (unpaired) electrons. The summed E-state index contributed by atoms with van der Waals surface area (Å²) in [6.45, 7) is 1.17. The van der Waals surface area contributed by atoms with E-state index in [-0.39, 0.29) is 12.4 Å². The van der Waals surface area contributed by atoms with Gasteiger partial charge in [-0.05, 0) is 55.8 Å². The van der Waals surface area contributed by atoms with E-state index in [0.717, 1.165) is 19.4 Å². The third kappa shape index (κ3) is 3.79. The van der Waals surface area contributed by atoms with Crippen molar-refractivity contribution in [1.82, 2.24) is 5.32 Å². The fourth-order valence-electron chi connectivity index (χ4n) is 2.15. The zero-order valence-electron chi connectivity index (χ0n) is 10.0. The normalized spacial score (nSPS) is 17.1. The van der Waals surface area contributed by atoms with Crippen LogP contribution in [0.2, 0.25) is 0 Å². The molecular formula is C14H20FNO. The molecule has 2 rings (SSSR count). The van der Waals surface area contributed by atoms with Crippen molar-refractivity contribution < 1.29 is 9.50 Å². The van der Waals surface area contributed by atoms with E-state index in [2.05, 4.69) is 5.32 Å². The molecule has 2 N–H and O–H groups in total. The molecule has 1 aromatic carbocycles. The molecule has 1 aromatic rings. The summed E-state index contributed by atoms with van der Waals surface area (Å²) in [5.74, 6) is 0.526. The Morgan fingerprint density at radius 3 is 2.53 bits per heavy atom. The number of nitrogens with one attached hydrogen (secondary N) is 1. The third-order valence-corrected chi connectivity index (χ3v) is 3.27. The number of aliphatic hydroxyl groups is 1. The van der Waals surface area contributed by atoms with Gasteiger partial charge in [-0.3, -0.25) is 0 Å². The van der Waals surface area contributed by atoms with Crippen LogP contribution in [-0.4, -0.2) is 18.3 Å². The highest BCUT2D eigenvalue weighted by Gasteiger charge is 2.31. The molecule has 1 aliphatic carbocycles. The molecule has 0 aliphatic heterocycles. The maximum Gasteiger partial charge on any atom is 0.123 e. The Morgan fingerprint density at radius 1 is 1.24 bits per heavy atom. The Balaban J connectivity index is 1.90. The predicted octanol–water partition coefficient (Wildman–Crippen LogP) is 2.64. The Kier molecular flexibility index (Phi) is 4.51. The van der Waals surface area contributed by atoms with Crippen molar-refractivity contribution in [3.63, 3.8) is 0 Å². The molecule has 3 heteroatoms. The fraction of sp³-hybridized carbons (Fsp3) is 0.571. The first-order valence-electron chi connectivity index (χ1n) is 6.41. The van der Waals surface area contributed by atoms with Gasteiger partial charge in [-0.15, -0.1) is 0 Å². The van der Waals surface area contributed by atoms with E-state index in [1.165, 1.54) is 30.5 Å². The SMILES string of the molecule is OCCCCNC(c1ccc(F)cc1)C1CC1. The van der Waals surface area contributed by atoms with Crippen molar-refractivity contribution in [3.05, 3.63) is 35.6 Å². The third-order valence-electron chi connectivity index (χ3n) is 3.27. The van der Waals surface area contributed by atoms with Gasteiger partial charge in [-0.2, -0.15) is 0 Å². The van der Waals surface area contributed by atoms with Gasteiger partial charge < -0.3 is 10.4 Å². The van der Waals surface area contributed by atoms with E-state index in [1.807, 2.05) is 12.1 Å². The lowest BCUT2D eigenvalue weighted by atomic mass is 10.0. The van der Waals surface area contributed by atoms with Crippen molar-refractivity contribution in [3.8, 4) is 0 Å².